The number of rotatable bonds is 12. The van der Waals surface area contributed by atoms with Gasteiger partial charge < -0.3 is 19.8 Å². The van der Waals surface area contributed by atoms with E-state index in [1.54, 1.807) is 33.7 Å². The fourth-order valence-corrected chi connectivity index (χ4v) is 8.94. The molecule has 212 valence electrons. The van der Waals surface area contributed by atoms with Crippen LogP contribution >= 0.6 is 11.8 Å². The highest BCUT2D eigenvalue weighted by Gasteiger charge is 2.74. The first-order chi connectivity index (χ1) is 18.6. The summed E-state index contributed by atoms with van der Waals surface area (Å²) in [5.41, 5.74) is 0.337. The van der Waals surface area contributed by atoms with Crippen LogP contribution in [0.25, 0.3) is 0 Å². The van der Waals surface area contributed by atoms with E-state index >= 15 is 0 Å². The summed E-state index contributed by atoms with van der Waals surface area (Å²) < 4.78 is -0.628. The minimum Gasteiger partial charge on any atom is -0.396 e. The zero-order chi connectivity index (χ0) is 28.4. The van der Waals surface area contributed by atoms with Crippen molar-refractivity contribution in [3.05, 3.63) is 55.6 Å². The van der Waals surface area contributed by atoms with E-state index in [4.69, 9.17) is 0 Å². The van der Waals surface area contributed by atoms with Crippen molar-refractivity contribution in [1.82, 2.24) is 9.80 Å². The summed E-state index contributed by atoms with van der Waals surface area (Å²) in [6.07, 6.45) is 7.13. The summed E-state index contributed by atoms with van der Waals surface area (Å²) in [5.74, 6) is -1.23. The molecule has 7 nitrogen and oxygen atoms in total. The molecule has 0 aliphatic carbocycles. The fourth-order valence-electron chi connectivity index (χ4n) is 6.74. The molecule has 39 heavy (non-hydrogen) atoms. The molecule has 3 aliphatic rings. The van der Waals surface area contributed by atoms with E-state index in [1.165, 1.54) is 0 Å². The third-order valence-corrected chi connectivity index (χ3v) is 10.4. The predicted octanol–water partition coefficient (Wildman–Crippen LogP) is 4.27. The lowest BCUT2D eigenvalue weighted by atomic mass is 9.70. The smallest absolute Gasteiger partial charge is 0.247 e. The normalized spacial score (nSPS) is 27.4. The lowest BCUT2D eigenvalue weighted by Crippen LogP contribution is -2.58. The van der Waals surface area contributed by atoms with Crippen LogP contribution in [-0.4, -0.2) is 80.4 Å². The predicted molar refractivity (Wildman–Crippen MR) is 157 cm³/mol. The molecule has 2 unspecified atom stereocenters. The number of thioether (sulfide) groups is 1. The maximum absolute atomic E-state index is 14.4. The van der Waals surface area contributed by atoms with Crippen molar-refractivity contribution in [2.24, 2.45) is 11.8 Å². The van der Waals surface area contributed by atoms with Crippen LogP contribution in [0.5, 0.6) is 0 Å². The Morgan fingerprint density at radius 1 is 1.10 bits per heavy atom. The summed E-state index contributed by atoms with van der Waals surface area (Å²) in [7, 11) is 0. The Balaban J connectivity index is 1.73. The summed E-state index contributed by atoms with van der Waals surface area (Å²) in [6, 6.07) is 8.91. The number of aliphatic hydroxyl groups is 1. The van der Waals surface area contributed by atoms with Gasteiger partial charge in [-0.3, -0.25) is 14.4 Å². The maximum Gasteiger partial charge on any atom is 0.247 e. The molecular formula is C31H43N3O4S. The number of carbonyl (C=O) groups is 3. The number of carbonyl (C=O) groups excluding carboxylic acids is 3. The molecule has 0 aromatic heterocycles. The second-order valence-electron chi connectivity index (χ2n) is 11.9. The molecule has 3 saturated heterocycles. The van der Waals surface area contributed by atoms with Gasteiger partial charge in [0.15, 0.2) is 0 Å². The zero-order valence-electron chi connectivity index (χ0n) is 23.6. The van der Waals surface area contributed by atoms with Crippen LogP contribution in [0.2, 0.25) is 0 Å². The number of hydrogen-bond donors (Lipinski definition) is 1. The lowest BCUT2D eigenvalue weighted by molar-refractivity contribution is -0.145. The van der Waals surface area contributed by atoms with Gasteiger partial charge in [0.2, 0.25) is 17.7 Å². The maximum atomic E-state index is 14.4. The van der Waals surface area contributed by atoms with Crippen LogP contribution in [-0.2, 0) is 14.4 Å². The average molecular weight is 554 g/mol. The van der Waals surface area contributed by atoms with Crippen molar-refractivity contribution in [2.75, 3.05) is 31.1 Å². The van der Waals surface area contributed by atoms with Crippen molar-refractivity contribution < 1.29 is 19.5 Å². The molecule has 5 atom stereocenters. The Kier molecular flexibility index (Phi) is 8.96. The summed E-state index contributed by atoms with van der Waals surface area (Å²) in [4.78, 5) is 48.3. The minimum absolute atomic E-state index is 0.00296. The second-order valence-corrected chi connectivity index (χ2v) is 13.5. The summed E-state index contributed by atoms with van der Waals surface area (Å²) >= 11 is 1.70. The van der Waals surface area contributed by atoms with Gasteiger partial charge in [-0.25, -0.2) is 0 Å². The largest absolute Gasteiger partial charge is 0.396 e. The van der Waals surface area contributed by atoms with Crippen molar-refractivity contribution in [3.8, 4) is 0 Å². The molecule has 3 heterocycles. The van der Waals surface area contributed by atoms with Crippen molar-refractivity contribution >= 4 is 35.2 Å². The molecule has 1 aromatic rings. The van der Waals surface area contributed by atoms with E-state index in [0.717, 1.165) is 24.9 Å². The van der Waals surface area contributed by atoms with E-state index in [2.05, 4.69) is 13.2 Å². The SMILES string of the molecule is C=CCN(C(=O)[C@@H]1[C@H]2C(=O)N(CCCCCO)C(C(=O)N(CC=C)C(C)(C)C)C23CC[C@H]1S3)c1ccccc1. The molecule has 3 amide bonds. The number of likely N-dealkylation sites (tertiary alicyclic amines) is 1. The number of unbranched alkanes of at least 4 members (excludes halogenated alkanes) is 2. The molecule has 0 radical (unpaired) electrons. The quantitative estimate of drug-likeness (QED) is 0.309. The molecule has 8 heteroatoms. The van der Waals surface area contributed by atoms with Gasteiger partial charge in [-0.1, -0.05) is 30.4 Å². The molecule has 1 N–H and O–H groups in total. The molecule has 1 aromatic carbocycles. The van der Waals surface area contributed by atoms with Gasteiger partial charge in [0.25, 0.3) is 0 Å². The lowest BCUT2D eigenvalue weighted by Gasteiger charge is -2.42. The first-order valence-electron chi connectivity index (χ1n) is 14.1. The minimum atomic E-state index is -0.628. The van der Waals surface area contributed by atoms with Crippen molar-refractivity contribution in [1.29, 1.82) is 0 Å². The highest BCUT2D eigenvalue weighted by molar-refractivity contribution is 8.02. The Morgan fingerprint density at radius 3 is 2.41 bits per heavy atom. The van der Waals surface area contributed by atoms with Gasteiger partial charge in [-0.05, 0) is 65.0 Å². The molecule has 3 fully saturated rings. The summed E-state index contributed by atoms with van der Waals surface area (Å²) in [5, 5.41) is 9.27. The van der Waals surface area contributed by atoms with Crippen LogP contribution in [0.3, 0.4) is 0 Å². The van der Waals surface area contributed by atoms with Crippen molar-refractivity contribution in [3.63, 3.8) is 0 Å². The van der Waals surface area contributed by atoms with Crippen LogP contribution in [0.4, 0.5) is 5.69 Å². The second kappa shape index (κ2) is 11.9. The number of fused-ring (bicyclic) bond motifs is 1. The Labute approximate surface area is 237 Å². The number of aliphatic hydroxyl groups excluding tert-OH is 1. The number of benzene rings is 1. The highest BCUT2D eigenvalue weighted by Crippen LogP contribution is 2.67. The monoisotopic (exact) mass is 553 g/mol. The van der Waals surface area contributed by atoms with Crippen molar-refractivity contribution in [2.45, 2.75) is 74.5 Å². The number of nitrogens with zero attached hydrogens (tertiary/aromatic N) is 3. The van der Waals surface area contributed by atoms with Gasteiger partial charge in [-0.2, -0.15) is 0 Å². The Bertz CT molecular complexity index is 1090. The number of para-hydroxylation sites is 1. The number of hydrogen-bond acceptors (Lipinski definition) is 5. The first-order valence-corrected chi connectivity index (χ1v) is 15.0. The topological polar surface area (TPSA) is 81.2 Å². The standard InChI is InChI=1S/C31H43N3O4S/c1-6-18-32(22-14-10-8-11-15-22)27(36)24-23-16-17-31(39-23)25(24)28(37)33(20-12-9-13-21-35)26(31)29(38)34(19-7-2)30(3,4)5/h6-8,10-11,14-15,23-26,35H,1-2,9,12-13,16-21H2,3-5H3/t23-,24+,25+,26?,31?/m1/s1. The Hall–Kier alpha value is -2.58. The van der Waals surface area contributed by atoms with E-state index < -0.39 is 28.2 Å². The van der Waals surface area contributed by atoms with E-state index in [9.17, 15) is 19.5 Å². The van der Waals surface area contributed by atoms with Gasteiger partial charge >= 0.3 is 0 Å². The van der Waals surface area contributed by atoms with Gasteiger partial charge in [-0.15, -0.1) is 24.9 Å². The van der Waals surface area contributed by atoms with E-state index in [1.807, 2.05) is 56.0 Å². The van der Waals surface area contributed by atoms with Gasteiger partial charge in [0.1, 0.15) is 6.04 Å². The van der Waals surface area contributed by atoms with Crippen LogP contribution < -0.4 is 4.90 Å². The van der Waals surface area contributed by atoms with Crippen LogP contribution in [0, 0.1) is 11.8 Å². The molecule has 2 bridgehead atoms. The molecule has 4 rings (SSSR count). The Morgan fingerprint density at radius 2 is 1.79 bits per heavy atom. The van der Waals surface area contributed by atoms with Gasteiger partial charge in [0, 0.05) is 42.7 Å². The highest BCUT2D eigenvalue weighted by atomic mass is 32.2. The molecule has 3 aliphatic heterocycles. The van der Waals surface area contributed by atoms with E-state index in [0.29, 0.717) is 32.5 Å². The molecule has 1 spiro atoms. The molecular weight excluding hydrogens is 510 g/mol. The number of amides is 3. The van der Waals surface area contributed by atoms with Crippen LogP contribution in [0.15, 0.2) is 55.6 Å². The van der Waals surface area contributed by atoms with Gasteiger partial charge in [0.05, 0.1) is 16.6 Å². The summed E-state index contributed by atoms with van der Waals surface area (Å²) in [6.45, 7) is 15.1. The number of anilines is 1. The van der Waals surface area contributed by atoms with E-state index in [-0.39, 0.29) is 29.6 Å². The van der Waals surface area contributed by atoms with Crippen LogP contribution in [0.1, 0.15) is 52.9 Å². The first kappa shape index (κ1) is 29.4. The third-order valence-electron chi connectivity index (χ3n) is 8.41. The fraction of sp³-hybridized carbons (Fsp3) is 0.581. The molecule has 0 saturated carbocycles. The average Bonchev–Trinajstić information content (AvgIpc) is 3.55. The third kappa shape index (κ3) is 5.30. The zero-order valence-corrected chi connectivity index (χ0v) is 24.4.